The van der Waals surface area contributed by atoms with Gasteiger partial charge in [0.2, 0.25) is 5.91 Å². The van der Waals surface area contributed by atoms with E-state index in [0.717, 1.165) is 22.2 Å². The number of amides is 2. The minimum absolute atomic E-state index is 0.0459. The van der Waals surface area contributed by atoms with Crippen molar-refractivity contribution in [1.29, 1.82) is 0 Å². The van der Waals surface area contributed by atoms with Crippen molar-refractivity contribution in [2.75, 3.05) is 39.4 Å². The van der Waals surface area contributed by atoms with E-state index >= 15 is 0 Å². The second-order valence-corrected chi connectivity index (χ2v) is 10.4. The van der Waals surface area contributed by atoms with Crippen LogP contribution in [-0.2, 0) is 14.3 Å². The molecule has 204 valence electrons. The zero-order valence-corrected chi connectivity index (χ0v) is 23.4. The van der Waals surface area contributed by atoms with Crippen molar-refractivity contribution in [2.24, 2.45) is 4.99 Å². The van der Waals surface area contributed by atoms with E-state index in [9.17, 15) is 9.59 Å². The summed E-state index contributed by atoms with van der Waals surface area (Å²) in [7, 11) is 0. The van der Waals surface area contributed by atoms with Gasteiger partial charge in [-0.05, 0) is 56.0 Å². The molecule has 0 aliphatic carbocycles. The Kier molecular flexibility index (Phi) is 8.38. The number of ether oxygens (including phenoxy) is 2. The molecule has 0 aromatic heterocycles. The van der Waals surface area contributed by atoms with Crippen LogP contribution in [0, 0.1) is 0 Å². The van der Waals surface area contributed by atoms with Crippen LogP contribution in [0.1, 0.15) is 38.8 Å². The van der Waals surface area contributed by atoms with Crippen molar-refractivity contribution in [1.82, 2.24) is 14.7 Å². The average molecular weight is 547 g/mol. The number of benzene rings is 2. The lowest BCUT2D eigenvalue weighted by atomic mass is 9.92. The van der Waals surface area contributed by atoms with E-state index in [1.807, 2.05) is 90.6 Å². The molecule has 8 nitrogen and oxygen atoms in total. The molecule has 1 saturated heterocycles. The Morgan fingerprint density at radius 3 is 2.49 bits per heavy atom. The molecular weight excluding hydrogens is 512 g/mol. The molecule has 0 spiro atoms. The minimum Gasteiger partial charge on any atom is -0.457 e. The van der Waals surface area contributed by atoms with E-state index in [1.54, 1.807) is 0 Å². The average Bonchev–Trinajstić information content (AvgIpc) is 3.35. The van der Waals surface area contributed by atoms with Crippen molar-refractivity contribution in [3.63, 3.8) is 0 Å². The zero-order valence-electron chi connectivity index (χ0n) is 22.6. The number of rotatable bonds is 8. The Bertz CT molecular complexity index is 1310. The predicted octanol–water partition coefficient (Wildman–Crippen LogP) is 5.17. The Morgan fingerprint density at radius 1 is 1.05 bits per heavy atom. The number of hydrogen-bond acceptors (Lipinski definition) is 7. The number of carbonyl (C=O) groups is 2. The third kappa shape index (κ3) is 5.74. The summed E-state index contributed by atoms with van der Waals surface area (Å²) >= 11 is 1.49. The molecule has 3 aliphatic rings. The van der Waals surface area contributed by atoms with Gasteiger partial charge in [-0.15, -0.1) is 0 Å². The molecule has 0 radical (unpaired) electrons. The molecular formula is C30H34N4O4S. The second kappa shape index (κ2) is 12.1. The van der Waals surface area contributed by atoms with Crippen molar-refractivity contribution < 1.29 is 19.1 Å². The molecule has 0 N–H and O–H groups in total. The normalized spacial score (nSPS) is 18.9. The number of thioether (sulfide) groups is 1. The molecule has 2 amide bonds. The van der Waals surface area contributed by atoms with Crippen molar-refractivity contribution in [3.05, 3.63) is 82.5 Å². The molecule has 2 aromatic rings. The van der Waals surface area contributed by atoms with Crippen LogP contribution in [-0.4, -0.2) is 71.1 Å². The first kappa shape index (κ1) is 27.0. The Balaban J connectivity index is 1.52. The standard InChI is InChI=1S/C30H34N4O4S/c1-4-32(5-2)29(36)27-21(3)31-30-34(23(20-39-30)19-26(35)33-14-16-37-17-15-33)28(27)22-10-9-13-25(18-22)38-24-11-7-6-8-12-24/h6-13,18,20,28H,4-5,14-17,19H2,1-3H3/t28-/m1/s1. The van der Waals surface area contributed by atoms with Crippen LogP contribution < -0.4 is 4.74 Å². The molecule has 3 aliphatic heterocycles. The quantitative estimate of drug-likeness (QED) is 0.455. The van der Waals surface area contributed by atoms with Gasteiger partial charge in [0.15, 0.2) is 5.17 Å². The van der Waals surface area contributed by atoms with E-state index in [2.05, 4.69) is 4.90 Å². The number of aliphatic imine (C=N–C) groups is 1. The maximum atomic E-state index is 13.9. The molecule has 39 heavy (non-hydrogen) atoms. The van der Waals surface area contributed by atoms with Gasteiger partial charge in [-0.25, -0.2) is 4.99 Å². The van der Waals surface area contributed by atoms with Gasteiger partial charge in [-0.2, -0.15) is 0 Å². The van der Waals surface area contributed by atoms with Crippen molar-refractivity contribution >= 4 is 28.7 Å². The number of allylic oxidation sites excluding steroid dienone is 1. The third-order valence-electron chi connectivity index (χ3n) is 7.13. The summed E-state index contributed by atoms with van der Waals surface area (Å²) in [4.78, 5) is 37.8. The monoisotopic (exact) mass is 546 g/mol. The highest BCUT2D eigenvalue weighted by Crippen LogP contribution is 2.45. The molecule has 0 unspecified atom stereocenters. The second-order valence-electron chi connectivity index (χ2n) is 9.53. The minimum atomic E-state index is -0.441. The highest BCUT2D eigenvalue weighted by molar-refractivity contribution is 8.16. The first-order valence-electron chi connectivity index (χ1n) is 13.4. The number of amidine groups is 1. The third-order valence-corrected chi connectivity index (χ3v) is 8.02. The Morgan fingerprint density at radius 2 is 1.77 bits per heavy atom. The molecule has 0 saturated carbocycles. The Labute approximate surface area is 234 Å². The molecule has 1 fully saturated rings. The van der Waals surface area contributed by atoms with Crippen molar-refractivity contribution in [2.45, 2.75) is 33.2 Å². The predicted molar refractivity (Wildman–Crippen MR) is 153 cm³/mol. The van der Waals surface area contributed by atoms with Crippen LogP contribution in [0.2, 0.25) is 0 Å². The van der Waals surface area contributed by atoms with E-state index < -0.39 is 6.04 Å². The molecule has 3 heterocycles. The van der Waals surface area contributed by atoms with Crippen LogP contribution in [0.5, 0.6) is 11.5 Å². The fourth-order valence-corrected chi connectivity index (χ4v) is 6.06. The number of nitrogens with zero attached hydrogens (tertiary/aromatic N) is 4. The van der Waals surface area contributed by atoms with E-state index in [4.69, 9.17) is 14.5 Å². The summed E-state index contributed by atoms with van der Waals surface area (Å²) in [5.74, 6) is 1.42. The van der Waals surface area contributed by atoms with E-state index in [1.165, 1.54) is 11.8 Å². The summed E-state index contributed by atoms with van der Waals surface area (Å²) in [6.07, 6.45) is 0.231. The van der Waals surface area contributed by atoms with E-state index in [-0.39, 0.29) is 18.2 Å². The summed E-state index contributed by atoms with van der Waals surface area (Å²) in [6.45, 7) is 9.34. The molecule has 1 atom stereocenters. The topological polar surface area (TPSA) is 74.7 Å². The lowest BCUT2D eigenvalue weighted by Gasteiger charge is -2.38. The number of para-hydroxylation sites is 1. The molecule has 5 rings (SSSR count). The summed E-state index contributed by atoms with van der Waals surface area (Å²) in [6, 6.07) is 17.0. The summed E-state index contributed by atoms with van der Waals surface area (Å²) < 4.78 is 11.6. The van der Waals surface area contributed by atoms with Gasteiger partial charge in [0, 0.05) is 31.9 Å². The maximum absolute atomic E-state index is 13.9. The van der Waals surface area contributed by atoms with Gasteiger partial charge < -0.3 is 24.2 Å². The molecule has 0 bridgehead atoms. The molecule has 9 heteroatoms. The summed E-state index contributed by atoms with van der Waals surface area (Å²) in [5.41, 5.74) is 3.05. The SMILES string of the molecule is CCN(CC)C(=O)C1=C(C)N=C2SC=C(CC(=O)N3CCOCC3)N2[C@@H]1c1cccc(Oc2ccccc2)c1. The van der Waals surface area contributed by atoms with Gasteiger partial charge in [0.1, 0.15) is 11.5 Å². The van der Waals surface area contributed by atoms with Gasteiger partial charge in [-0.1, -0.05) is 42.1 Å². The lowest BCUT2D eigenvalue weighted by molar-refractivity contribution is -0.134. The lowest BCUT2D eigenvalue weighted by Crippen LogP contribution is -2.43. The first-order chi connectivity index (χ1) is 19.0. The van der Waals surface area contributed by atoms with Crippen LogP contribution in [0.3, 0.4) is 0 Å². The maximum Gasteiger partial charge on any atom is 0.254 e. The summed E-state index contributed by atoms with van der Waals surface area (Å²) in [5, 5.41) is 2.76. The number of fused-ring (bicyclic) bond motifs is 1. The van der Waals surface area contributed by atoms with Gasteiger partial charge >= 0.3 is 0 Å². The van der Waals surface area contributed by atoms with Crippen molar-refractivity contribution in [3.8, 4) is 11.5 Å². The number of likely N-dealkylation sites (N-methyl/N-ethyl adjacent to an activating group) is 1. The fourth-order valence-electron chi connectivity index (χ4n) is 5.09. The highest BCUT2D eigenvalue weighted by atomic mass is 32.2. The number of hydrogen-bond donors (Lipinski definition) is 0. The van der Waals surface area contributed by atoms with Crippen LogP contribution >= 0.6 is 11.8 Å². The van der Waals surface area contributed by atoms with E-state index in [0.29, 0.717) is 56.4 Å². The van der Waals surface area contributed by atoms with Crippen LogP contribution in [0.4, 0.5) is 0 Å². The Hall–Kier alpha value is -3.56. The number of morpholine rings is 1. The van der Waals surface area contributed by atoms with Gasteiger partial charge in [0.25, 0.3) is 5.91 Å². The zero-order chi connectivity index (χ0) is 27.4. The largest absolute Gasteiger partial charge is 0.457 e. The van der Waals surface area contributed by atoms with Gasteiger partial charge in [-0.3, -0.25) is 9.59 Å². The van der Waals surface area contributed by atoms with Crippen LogP contribution in [0.15, 0.2) is 82.0 Å². The number of carbonyl (C=O) groups excluding carboxylic acids is 2. The van der Waals surface area contributed by atoms with Crippen LogP contribution in [0.25, 0.3) is 0 Å². The first-order valence-corrected chi connectivity index (χ1v) is 14.3. The fraction of sp³-hybridized carbons (Fsp3) is 0.367. The smallest absolute Gasteiger partial charge is 0.254 e. The highest BCUT2D eigenvalue weighted by Gasteiger charge is 2.41. The van der Waals surface area contributed by atoms with Gasteiger partial charge in [0.05, 0.1) is 36.9 Å². The molecule has 2 aromatic carbocycles.